The summed E-state index contributed by atoms with van der Waals surface area (Å²) in [6.45, 7) is 0. The molecule has 12 heavy (non-hydrogen) atoms. The second-order valence-electron chi connectivity index (χ2n) is 1.57. The first kappa shape index (κ1) is 13.7. The van der Waals surface area contributed by atoms with Crippen LogP contribution >= 0.6 is 0 Å². The molecular formula is C4H6FeO7. The third-order valence-electron chi connectivity index (χ3n) is 0.805. The van der Waals surface area contributed by atoms with E-state index in [2.05, 4.69) is 0 Å². The van der Waals surface area contributed by atoms with E-state index < -0.39 is 24.1 Å². The van der Waals surface area contributed by atoms with Crippen LogP contribution in [0.25, 0.3) is 0 Å². The number of carboxylic acid groups (broad SMARTS) is 2. The van der Waals surface area contributed by atoms with Crippen LogP contribution in [0, 0.1) is 0 Å². The molecule has 0 aromatic heterocycles. The number of rotatable bonds is 3. The number of carboxylic acids is 2. The van der Waals surface area contributed by atoms with E-state index in [-0.39, 0.29) is 0 Å². The Bertz CT molecular complexity index is 151. The van der Waals surface area contributed by atoms with E-state index >= 15 is 0 Å². The Hall–Kier alpha value is -0.821. The molecule has 0 aliphatic carbocycles. The minimum absolute atomic E-state index is 1.77. The molecule has 4 N–H and O–H groups in total. The van der Waals surface area contributed by atoms with Gasteiger partial charge in [-0.3, -0.25) is 0 Å². The number of aliphatic carboxylic acids is 2. The fraction of sp³-hybridized carbons (Fsp3) is 0.500. The zero-order valence-electron chi connectivity index (χ0n) is 5.52. The van der Waals surface area contributed by atoms with E-state index in [0.717, 1.165) is 0 Å². The van der Waals surface area contributed by atoms with E-state index in [1.807, 2.05) is 15.9 Å². The van der Waals surface area contributed by atoms with Crippen LogP contribution < -0.4 is 0 Å². The van der Waals surface area contributed by atoms with Crippen LogP contribution in [-0.4, -0.2) is 44.6 Å². The van der Waals surface area contributed by atoms with Gasteiger partial charge in [0.2, 0.25) is 0 Å². The van der Waals surface area contributed by atoms with Crippen LogP contribution in [0.5, 0.6) is 0 Å². The molecule has 0 rings (SSSR count). The monoisotopic (exact) mass is 222 g/mol. The van der Waals surface area contributed by atoms with Crippen molar-refractivity contribution in [1.29, 1.82) is 0 Å². The van der Waals surface area contributed by atoms with Gasteiger partial charge in [-0.05, 0) is 0 Å². The average molecular weight is 222 g/mol. The van der Waals surface area contributed by atoms with E-state index in [1.54, 1.807) is 0 Å². The summed E-state index contributed by atoms with van der Waals surface area (Å²) < 4.78 is 8.00. The van der Waals surface area contributed by atoms with E-state index in [4.69, 9.17) is 24.3 Å². The predicted octanol–water partition coefficient (Wildman–Crippen LogP) is -2.24. The van der Waals surface area contributed by atoms with Gasteiger partial charge in [0.15, 0.2) is 12.2 Å². The molecule has 0 saturated heterocycles. The van der Waals surface area contributed by atoms with Crippen molar-refractivity contribution in [2.24, 2.45) is 0 Å². The molecule has 0 aliphatic heterocycles. The molecule has 0 fully saturated rings. The molecule has 7 nitrogen and oxygen atoms in total. The first-order chi connectivity index (χ1) is 5.46. The molecule has 2 atom stereocenters. The van der Waals surface area contributed by atoms with Crippen molar-refractivity contribution >= 4 is 11.9 Å². The van der Waals surface area contributed by atoms with Gasteiger partial charge in [-0.2, -0.15) is 0 Å². The zero-order chi connectivity index (χ0) is 10.3. The molecule has 8 heteroatoms. The first-order valence-electron chi connectivity index (χ1n) is 2.43. The van der Waals surface area contributed by atoms with Gasteiger partial charge in [0.1, 0.15) is 0 Å². The number of carbonyl (C=O) groups is 2. The molecule has 0 aromatic carbocycles. The Morgan fingerprint density at radius 3 is 1.17 bits per heavy atom. The quantitative estimate of drug-likeness (QED) is 0.396. The van der Waals surface area contributed by atoms with Crippen LogP contribution in [0.4, 0.5) is 0 Å². The summed E-state index contributed by atoms with van der Waals surface area (Å²) in [6.07, 6.45) is -4.53. The van der Waals surface area contributed by atoms with Gasteiger partial charge < -0.3 is 20.4 Å². The second-order valence-corrected chi connectivity index (χ2v) is 1.57. The molecule has 0 amide bonds. The van der Waals surface area contributed by atoms with E-state index in [0.29, 0.717) is 0 Å². The van der Waals surface area contributed by atoms with Crippen LogP contribution in [0.3, 0.4) is 0 Å². The summed E-state index contributed by atoms with van der Waals surface area (Å²) in [5.74, 6) is -3.54. The van der Waals surface area contributed by atoms with Crippen molar-refractivity contribution in [2.75, 3.05) is 0 Å². The van der Waals surface area contributed by atoms with E-state index in [1.165, 1.54) is 0 Å². The summed E-state index contributed by atoms with van der Waals surface area (Å²) in [6, 6.07) is 0. The third kappa shape index (κ3) is 4.91. The van der Waals surface area contributed by atoms with Crippen molar-refractivity contribution < 1.29 is 49.8 Å². The Balaban J connectivity index is 0. The molecule has 2 unspecified atom stereocenters. The number of hydrogen-bond acceptors (Lipinski definition) is 5. The van der Waals surface area contributed by atoms with Gasteiger partial charge in [-0.25, -0.2) is 9.59 Å². The molecule has 0 bridgehead atoms. The summed E-state index contributed by atoms with van der Waals surface area (Å²) >= 11 is 2.00. The van der Waals surface area contributed by atoms with E-state index in [9.17, 15) is 9.59 Å². The molecule has 0 heterocycles. The van der Waals surface area contributed by atoms with Crippen molar-refractivity contribution in [1.82, 2.24) is 0 Å². The minimum atomic E-state index is -2.27. The molecule has 0 radical (unpaired) electrons. The van der Waals surface area contributed by atoms with Gasteiger partial charge in [0.25, 0.3) is 0 Å². The van der Waals surface area contributed by atoms with Gasteiger partial charge in [0.05, 0.1) is 0 Å². The number of aliphatic hydroxyl groups excluding tert-OH is 2. The first-order valence-corrected chi connectivity index (χ1v) is 2.88. The Labute approximate surface area is 74.6 Å². The SMILES string of the molecule is O=C(O)C(O)C(O)C(=O)O.[O]=[Fe]. The molecule has 0 saturated carbocycles. The van der Waals surface area contributed by atoms with Crippen molar-refractivity contribution in [3.05, 3.63) is 0 Å². The Morgan fingerprint density at radius 1 is 0.917 bits per heavy atom. The summed E-state index contributed by atoms with van der Waals surface area (Å²) in [5, 5.41) is 32.5. The molecular weight excluding hydrogens is 216 g/mol. The molecule has 0 aliphatic rings. The van der Waals surface area contributed by atoms with Crippen molar-refractivity contribution in [3.63, 3.8) is 0 Å². The van der Waals surface area contributed by atoms with Gasteiger partial charge in [-0.15, -0.1) is 0 Å². The zero-order valence-corrected chi connectivity index (χ0v) is 6.63. The van der Waals surface area contributed by atoms with Crippen LogP contribution in [0.15, 0.2) is 0 Å². The molecule has 72 valence electrons. The normalized spacial score (nSPS) is 13.6. The molecule has 0 spiro atoms. The topological polar surface area (TPSA) is 132 Å². The van der Waals surface area contributed by atoms with Gasteiger partial charge in [-0.1, -0.05) is 0 Å². The second kappa shape index (κ2) is 6.86. The average Bonchev–Trinajstić information content (AvgIpc) is 2.05. The summed E-state index contributed by atoms with van der Waals surface area (Å²) in [5.41, 5.74) is 0. The van der Waals surface area contributed by atoms with Crippen LogP contribution in [0.1, 0.15) is 0 Å². The maximum absolute atomic E-state index is 9.77. The van der Waals surface area contributed by atoms with Crippen LogP contribution in [0.2, 0.25) is 0 Å². The molecule has 0 aromatic rings. The third-order valence-corrected chi connectivity index (χ3v) is 0.805. The standard InChI is InChI=1S/C4H6O6.Fe.O/c5-1(3(7)8)2(6)4(9)10;;/h1-2,5-6H,(H,7,8)(H,9,10);;. The van der Waals surface area contributed by atoms with Crippen LogP contribution in [-0.2, 0) is 29.4 Å². The van der Waals surface area contributed by atoms with Crippen molar-refractivity contribution in [2.45, 2.75) is 12.2 Å². The van der Waals surface area contributed by atoms with Gasteiger partial charge >= 0.3 is 31.7 Å². The summed E-state index contributed by atoms with van der Waals surface area (Å²) in [7, 11) is 0. The van der Waals surface area contributed by atoms with Crippen molar-refractivity contribution in [3.8, 4) is 0 Å². The fourth-order valence-electron chi connectivity index (χ4n) is 0.270. The number of hydrogen-bond donors (Lipinski definition) is 4. The Kier molecular flexibility index (Phi) is 7.86. The van der Waals surface area contributed by atoms with Gasteiger partial charge in [0, 0.05) is 0 Å². The fourth-order valence-corrected chi connectivity index (χ4v) is 0.270. The maximum atomic E-state index is 9.77. The number of aliphatic hydroxyl groups is 2. The predicted molar refractivity (Wildman–Crippen MR) is 28.0 cm³/mol. The summed E-state index contributed by atoms with van der Waals surface area (Å²) in [4.78, 5) is 19.5. The Morgan fingerprint density at radius 2 is 1.08 bits per heavy atom.